The highest BCUT2D eigenvalue weighted by Gasteiger charge is 2.19. The molecule has 0 aliphatic carbocycles. The van der Waals surface area contributed by atoms with Gasteiger partial charge in [-0.25, -0.2) is 0 Å². The third-order valence-electron chi connectivity index (χ3n) is 3.17. The number of nitrogens with one attached hydrogen (secondary N) is 2. The number of carbonyl (C=O) groups is 1. The molecule has 1 saturated heterocycles. The van der Waals surface area contributed by atoms with Gasteiger partial charge in [-0.15, -0.1) is 0 Å². The van der Waals surface area contributed by atoms with Crippen LogP contribution in [0, 0.1) is 0 Å². The van der Waals surface area contributed by atoms with E-state index in [0.29, 0.717) is 21.8 Å². The number of halogens is 2. The van der Waals surface area contributed by atoms with Crippen molar-refractivity contribution >= 4 is 34.8 Å². The van der Waals surface area contributed by atoms with Crippen molar-refractivity contribution in [3.63, 3.8) is 0 Å². The van der Waals surface area contributed by atoms with Gasteiger partial charge in [-0.3, -0.25) is 4.79 Å². The zero-order chi connectivity index (χ0) is 13.8. The van der Waals surface area contributed by atoms with Gasteiger partial charge in [-0.2, -0.15) is 0 Å². The largest absolute Gasteiger partial charge is 0.322 e. The van der Waals surface area contributed by atoms with Crippen LogP contribution in [0.4, 0.5) is 5.69 Å². The Bertz CT molecular complexity index is 447. The molecule has 1 aromatic rings. The molecule has 0 radical (unpaired) electrons. The van der Waals surface area contributed by atoms with Gasteiger partial charge < -0.3 is 15.5 Å². The summed E-state index contributed by atoms with van der Waals surface area (Å²) in [4.78, 5) is 14.1. The smallest absolute Gasteiger partial charge is 0.238 e. The van der Waals surface area contributed by atoms with E-state index in [0.717, 1.165) is 19.5 Å². The Hall–Kier alpha value is -0.810. The first-order chi connectivity index (χ1) is 9.06. The van der Waals surface area contributed by atoms with E-state index >= 15 is 0 Å². The zero-order valence-corrected chi connectivity index (χ0v) is 12.3. The van der Waals surface area contributed by atoms with Gasteiger partial charge in [0.15, 0.2) is 0 Å². The maximum Gasteiger partial charge on any atom is 0.238 e. The highest BCUT2D eigenvalue weighted by Crippen LogP contribution is 2.29. The summed E-state index contributed by atoms with van der Waals surface area (Å²) in [6.07, 6.45) is 1.07. The lowest BCUT2D eigenvalue weighted by Gasteiger charge is -2.13. The van der Waals surface area contributed by atoms with Crippen molar-refractivity contribution in [3.8, 4) is 0 Å². The number of nitrogens with zero attached hydrogens (tertiary/aromatic N) is 1. The molecular formula is C13H17Cl2N3O. The Morgan fingerprint density at radius 2 is 2.11 bits per heavy atom. The second kappa shape index (κ2) is 6.57. The van der Waals surface area contributed by atoms with E-state index in [2.05, 4.69) is 22.6 Å². The average molecular weight is 302 g/mol. The number of hydrogen-bond acceptors (Lipinski definition) is 3. The molecule has 2 rings (SSSR count). The Balaban J connectivity index is 1.84. The first kappa shape index (κ1) is 14.6. The van der Waals surface area contributed by atoms with Crippen LogP contribution >= 0.6 is 23.2 Å². The van der Waals surface area contributed by atoms with Crippen LogP contribution in [0.15, 0.2) is 18.2 Å². The summed E-state index contributed by atoms with van der Waals surface area (Å²) in [6, 6.07) is 5.51. The van der Waals surface area contributed by atoms with Gasteiger partial charge in [0.25, 0.3) is 0 Å². The van der Waals surface area contributed by atoms with Crippen molar-refractivity contribution in [1.82, 2.24) is 10.2 Å². The highest BCUT2D eigenvalue weighted by atomic mass is 35.5. The minimum atomic E-state index is -0.135. The summed E-state index contributed by atoms with van der Waals surface area (Å²) in [5.74, 6) is -0.135. The summed E-state index contributed by atoms with van der Waals surface area (Å²) < 4.78 is 0. The molecule has 1 atom stereocenters. The first-order valence-electron chi connectivity index (χ1n) is 6.22. The van der Waals surface area contributed by atoms with Gasteiger partial charge in [0.2, 0.25) is 5.91 Å². The van der Waals surface area contributed by atoms with Crippen molar-refractivity contribution in [2.45, 2.75) is 12.5 Å². The number of likely N-dealkylation sites (tertiary alicyclic amines) is 1. The van der Waals surface area contributed by atoms with Crippen molar-refractivity contribution in [3.05, 3.63) is 28.2 Å². The Labute approximate surface area is 123 Å². The number of amides is 1. The molecule has 1 aliphatic rings. The lowest BCUT2D eigenvalue weighted by atomic mass is 10.2. The molecule has 0 saturated carbocycles. The summed E-state index contributed by atoms with van der Waals surface area (Å²) >= 11 is 12.0. The third-order valence-corrected chi connectivity index (χ3v) is 3.80. The Kier molecular flexibility index (Phi) is 5.05. The second-order valence-electron chi connectivity index (χ2n) is 4.77. The first-order valence-corrected chi connectivity index (χ1v) is 6.97. The fraction of sp³-hybridized carbons (Fsp3) is 0.462. The van der Waals surface area contributed by atoms with Crippen LogP contribution in [-0.4, -0.2) is 43.5 Å². The summed E-state index contributed by atoms with van der Waals surface area (Å²) in [5, 5.41) is 6.86. The third kappa shape index (κ3) is 4.08. The van der Waals surface area contributed by atoms with Crippen molar-refractivity contribution < 1.29 is 4.79 Å². The van der Waals surface area contributed by atoms with E-state index in [1.165, 1.54) is 0 Å². The van der Waals surface area contributed by atoms with Gasteiger partial charge in [-0.1, -0.05) is 29.3 Å². The van der Waals surface area contributed by atoms with Crippen molar-refractivity contribution in [1.29, 1.82) is 0 Å². The number of carbonyl (C=O) groups excluding carboxylic acids is 1. The van der Waals surface area contributed by atoms with Gasteiger partial charge in [0.05, 0.1) is 22.3 Å². The molecule has 2 N–H and O–H groups in total. The van der Waals surface area contributed by atoms with E-state index in [-0.39, 0.29) is 12.5 Å². The minimum Gasteiger partial charge on any atom is -0.322 e. The Morgan fingerprint density at radius 1 is 1.42 bits per heavy atom. The molecule has 0 spiro atoms. The fourth-order valence-electron chi connectivity index (χ4n) is 2.14. The number of rotatable bonds is 4. The minimum absolute atomic E-state index is 0.135. The highest BCUT2D eigenvalue weighted by molar-refractivity contribution is 6.39. The lowest BCUT2D eigenvalue weighted by Crippen LogP contribution is -2.37. The van der Waals surface area contributed by atoms with Crippen LogP contribution in [0.5, 0.6) is 0 Å². The normalized spacial score (nSPS) is 19.6. The number of anilines is 1. The van der Waals surface area contributed by atoms with Crippen LogP contribution in [-0.2, 0) is 4.79 Å². The van der Waals surface area contributed by atoms with Crippen LogP contribution in [0.2, 0.25) is 10.0 Å². The number of likely N-dealkylation sites (N-methyl/N-ethyl adjacent to an activating group) is 1. The average Bonchev–Trinajstić information content (AvgIpc) is 2.77. The summed E-state index contributed by atoms with van der Waals surface area (Å²) in [7, 11) is 2.07. The molecule has 19 heavy (non-hydrogen) atoms. The number of para-hydroxylation sites is 1. The number of benzene rings is 1. The van der Waals surface area contributed by atoms with Crippen LogP contribution < -0.4 is 10.6 Å². The standard InChI is InChI=1S/C13H17Cl2N3O/c1-18-6-5-9(8-18)16-7-12(19)17-13-10(14)3-2-4-11(13)15/h2-4,9,16H,5-8H2,1H3,(H,17,19). The summed E-state index contributed by atoms with van der Waals surface area (Å²) in [6.45, 7) is 2.30. The van der Waals surface area contributed by atoms with E-state index in [9.17, 15) is 4.79 Å². The van der Waals surface area contributed by atoms with Crippen molar-refractivity contribution in [2.24, 2.45) is 0 Å². The summed E-state index contributed by atoms with van der Waals surface area (Å²) in [5.41, 5.74) is 0.473. The second-order valence-corrected chi connectivity index (χ2v) is 5.59. The quantitative estimate of drug-likeness (QED) is 0.896. The molecule has 4 nitrogen and oxygen atoms in total. The maximum atomic E-state index is 11.9. The number of hydrogen-bond donors (Lipinski definition) is 2. The zero-order valence-electron chi connectivity index (χ0n) is 10.7. The molecule has 0 aromatic heterocycles. The molecule has 6 heteroatoms. The molecular weight excluding hydrogens is 285 g/mol. The maximum absolute atomic E-state index is 11.9. The van der Waals surface area contributed by atoms with E-state index in [1.54, 1.807) is 18.2 Å². The van der Waals surface area contributed by atoms with E-state index in [4.69, 9.17) is 23.2 Å². The molecule has 1 heterocycles. The molecule has 104 valence electrons. The Morgan fingerprint density at radius 3 is 2.68 bits per heavy atom. The van der Waals surface area contributed by atoms with E-state index < -0.39 is 0 Å². The molecule has 1 fully saturated rings. The molecule has 1 aliphatic heterocycles. The van der Waals surface area contributed by atoms with Crippen LogP contribution in [0.25, 0.3) is 0 Å². The van der Waals surface area contributed by atoms with Gasteiger partial charge in [0, 0.05) is 12.6 Å². The predicted octanol–water partition coefficient (Wildman–Crippen LogP) is 2.23. The SMILES string of the molecule is CN1CCC(NCC(=O)Nc2c(Cl)cccc2Cl)C1. The van der Waals surface area contributed by atoms with Crippen molar-refractivity contribution in [2.75, 3.05) is 32.0 Å². The topological polar surface area (TPSA) is 44.4 Å². The molecule has 1 unspecified atom stereocenters. The monoisotopic (exact) mass is 301 g/mol. The van der Waals surface area contributed by atoms with Gasteiger partial charge >= 0.3 is 0 Å². The van der Waals surface area contributed by atoms with Gasteiger partial charge in [0.1, 0.15) is 0 Å². The molecule has 0 bridgehead atoms. The predicted molar refractivity (Wildman–Crippen MR) is 79.0 cm³/mol. The van der Waals surface area contributed by atoms with Crippen LogP contribution in [0.1, 0.15) is 6.42 Å². The fourth-order valence-corrected chi connectivity index (χ4v) is 2.63. The van der Waals surface area contributed by atoms with Gasteiger partial charge in [-0.05, 0) is 32.1 Å². The van der Waals surface area contributed by atoms with E-state index in [1.807, 2.05) is 0 Å². The molecule has 1 aromatic carbocycles. The molecule has 1 amide bonds. The van der Waals surface area contributed by atoms with Crippen LogP contribution in [0.3, 0.4) is 0 Å². The lowest BCUT2D eigenvalue weighted by molar-refractivity contribution is -0.115.